The molecule has 0 saturated carbocycles. The third-order valence-electron chi connectivity index (χ3n) is 1.36. The van der Waals surface area contributed by atoms with Crippen LogP contribution in [0.25, 0.3) is 10.4 Å². The minimum Gasteiger partial charge on any atom is -0.144 e. The standard InChI is InChI=1S/C8H6S.Li.H/c1-3-7-4-2-6-9-8(7)5-1;;/h1-6H;;. The summed E-state index contributed by atoms with van der Waals surface area (Å²) in [6, 6.07) is 10.6. The second-order valence-corrected chi connectivity index (χ2v) is 2.91. The topological polar surface area (TPSA) is 0 Å². The molecular weight excluding hydrogens is 135 g/mol. The van der Waals surface area contributed by atoms with Crippen molar-refractivity contribution in [2.75, 3.05) is 0 Å². The first-order valence-electron chi connectivity index (χ1n) is 2.89. The quantitative estimate of drug-likeness (QED) is 0.495. The summed E-state index contributed by atoms with van der Waals surface area (Å²) in [4.78, 5) is 1.37. The van der Waals surface area contributed by atoms with Crippen LogP contribution in [0, 0.1) is 0 Å². The predicted molar refractivity (Wildman–Crippen MR) is 48.1 cm³/mol. The van der Waals surface area contributed by atoms with Crippen LogP contribution in [0.2, 0.25) is 0 Å². The molecule has 2 heteroatoms. The number of rotatable bonds is 0. The van der Waals surface area contributed by atoms with Crippen LogP contribution in [-0.4, -0.2) is 18.9 Å². The smallest absolute Gasteiger partial charge is 0.0342 e. The SMILES string of the molecule is [LiH].c1csc2cccc-2c1. The maximum absolute atomic E-state index is 2.14. The fourth-order valence-corrected chi connectivity index (χ4v) is 1.65. The summed E-state index contributed by atoms with van der Waals surface area (Å²) in [6.45, 7) is 0. The van der Waals surface area contributed by atoms with Gasteiger partial charge in [-0.1, -0.05) is 24.3 Å². The Hall–Kier alpha value is -0.223. The van der Waals surface area contributed by atoms with Gasteiger partial charge in [0.2, 0.25) is 0 Å². The van der Waals surface area contributed by atoms with E-state index in [1.807, 2.05) is 0 Å². The molecule has 1 aliphatic carbocycles. The van der Waals surface area contributed by atoms with Crippen molar-refractivity contribution < 1.29 is 0 Å². The van der Waals surface area contributed by atoms with Crippen molar-refractivity contribution in [3.8, 4) is 10.4 Å². The Balaban J connectivity index is 0.000000500. The molecule has 0 saturated heterocycles. The van der Waals surface area contributed by atoms with E-state index in [-0.39, 0.29) is 18.9 Å². The first-order chi connectivity index (χ1) is 4.47. The summed E-state index contributed by atoms with van der Waals surface area (Å²) in [5.74, 6) is 0. The van der Waals surface area contributed by atoms with Crippen molar-refractivity contribution in [1.29, 1.82) is 0 Å². The normalized spacial score (nSPS) is 9.20. The van der Waals surface area contributed by atoms with Gasteiger partial charge < -0.3 is 0 Å². The second-order valence-electron chi connectivity index (χ2n) is 1.96. The molecule has 1 heterocycles. The van der Waals surface area contributed by atoms with Crippen LogP contribution in [0.1, 0.15) is 0 Å². The van der Waals surface area contributed by atoms with E-state index in [4.69, 9.17) is 0 Å². The zero-order valence-corrected chi connectivity index (χ0v) is 5.69. The van der Waals surface area contributed by atoms with Crippen molar-refractivity contribution in [3.63, 3.8) is 0 Å². The van der Waals surface area contributed by atoms with Crippen molar-refractivity contribution in [1.82, 2.24) is 0 Å². The maximum atomic E-state index is 2.14. The van der Waals surface area contributed by atoms with Gasteiger partial charge in [0, 0.05) is 4.88 Å². The van der Waals surface area contributed by atoms with Crippen LogP contribution in [0.5, 0.6) is 0 Å². The summed E-state index contributed by atoms with van der Waals surface area (Å²) in [5.41, 5.74) is 1.35. The molecule has 1 aliphatic heterocycles. The molecular formula is C8H7LiS. The van der Waals surface area contributed by atoms with Gasteiger partial charge in [-0.3, -0.25) is 0 Å². The fourth-order valence-electron chi connectivity index (χ4n) is 0.918. The van der Waals surface area contributed by atoms with E-state index in [0.29, 0.717) is 0 Å². The average molecular weight is 142 g/mol. The molecule has 0 N–H and O–H groups in total. The second kappa shape index (κ2) is 3.25. The van der Waals surface area contributed by atoms with E-state index in [9.17, 15) is 0 Å². The van der Waals surface area contributed by atoms with Crippen molar-refractivity contribution >= 4 is 30.2 Å². The van der Waals surface area contributed by atoms with Crippen LogP contribution in [0.4, 0.5) is 0 Å². The number of fused-ring (bicyclic) bond motifs is 1. The Labute approximate surface area is 76.4 Å². The van der Waals surface area contributed by atoms with Gasteiger partial charge in [-0.2, -0.15) is 0 Å². The zero-order valence-electron chi connectivity index (χ0n) is 4.87. The molecule has 0 aromatic rings. The minimum absolute atomic E-state index is 0. The molecule has 0 radical (unpaired) electrons. The van der Waals surface area contributed by atoms with Gasteiger partial charge in [0.15, 0.2) is 0 Å². The summed E-state index contributed by atoms with van der Waals surface area (Å²) in [7, 11) is 0. The average Bonchev–Trinajstić information content (AvgIpc) is 2.33. The molecule has 0 unspecified atom stereocenters. The van der Waals surface area contributed by atoms with Gasteiger partial charge in [-0.05, 0) is 17.0 Å². The molecule has 0 nitrogen and oxygen atoms in total. The van der Waals surface area contributed by atoms with Crippen LogP contribution in [0.3, 0.4) is 0 Å². The Morgan fingerprint density at radius 2 is 1.80 bits per heavy atom. The van der Waals surface area contributed by atoms with Gasteiger partial charge in [0.25, 0.3) is 0 Å². The van der Waals surface area contributed by atoms with E-state index >= 15 is 0 Å². The molecule has 2 aliphatic rings. The molecule has 2 rings (SSSR count). The first kappa shape index (κ1) is 7.88. The Kier molecular flexibility index (Phi) is 2.56. The van der Waals surface area contributed by atoms with E-state index in [1.165, 1.54) is 10.4 Å². The van der Waals surface area contributed by atoms with Crippen LogP contribution < -0.4 is 0 Å². The van der Waals surface area contributed by atoms with Gasteiger partial charge >= 0.3 is 18.9 Å². The summed E-state index contributed by atoms with van der Waals surface area (Å²) >= 11 is 1.78. The zero-order chi connectivity index (χ0) is 6.10. The summed E-state index contributed by atoms with van der Waals surface area (Å²) in [5, 5.41) is 2.10. The van der Waals surface area contributed by atoms with Crippen LogP contribution >= 0.6 is 11.3 Å². The predicted octanol–water partition coefficient (Wildman–Crippen LogP) is 2.20. The minimum atomic E-state index is 0. The largest absolute Gasteiger partial charge is 0.144 e. The third-order valence-corrected chi connectivity index (χ3v) is 2.28. The van der Waals surface area contributed by atoms with Crippen LogP contribution in [-0.2, 0) is 0 Å². The molecule has 0 spiro atoms. The maximum Gasteiger partial charge on any atom is 0.0342 e. The Morgan fingerprint density at radius 1 is 1.00 bits per heavy atom. The fraction of sp³-hybridized carbons (Fsp3) is 0. The van der Waals surface area contributed by atoms with Crippen molar-refractivity contribution in [3.05, 3.63) is 35.7 Å². The number of hydrogen-bond donors (Lipinski definition) is 0. The van der Waals surface area contributed by atoms with E-state index in [1.54, 1.807) is 11.3 Å². The molecule has 46 valence electrons. The Bertz CT molecular complexity index is 249. The van der Waals surface area contributed by atoms with Gasteiger partial charge in [-0.15, -0.1) is 11.3 Å². The summed E-state index contributed by atoms with van der Waals surface area (Å²) in [6.07, 6.45) is 0. The van der Waals surface area contributed by atoms with E-state index in [2.05, 4.69) is 35.7 Å². The molecule has 0 fully saturated rings. The molecule has 0 aromatic heterocycles. The van der Waals surface area contributed by atoms with Gasteiger partial charge in [-0.25, -0.2) is 0 Å². The molecule has 0 bridgehead atoms. The Morgan fingerprint density at radius 3 is 2.60 bits per heavy atom. The van der Waals surface area contributed by atoms with Gasteiger partial charge in [0.05, 0.1) is 0 Å². The summed E-state index contributed by atoms with van der Waals surface area (Å²) < 4.78 is 0. The third kappa shape index (κ3) is 1.27. The van der Waals surface area contributed by atoms with Crippen molar-refractivity contribution in [2.45, 2.75) is 0 Å². The van der Waals surface area contributed by atoms with Crippen molar-refractivity contribution in [2.24, 2.45) is 0 Å². The molecule has 10 heavy (non-hydrogen) atoms. The first-order valence-corrected chi connectivity index (χ1v) is 3.77. The van der Waals surface area contributed by atoms with E-state index in [0.717, 1.165) is 0 Å². The monoisotopic (exact) mass is 142 g/mol. The molecule has 0 atom stereocenters. The van der Waals surface area contributed by atoms with E-state index < -0.39 is 0 Å². The molecule has 0 amide bonds. The number of hydrogen-bond acceptors (Lipinski definition) is 1. The van der Waals surface area contributed by atoms with Gasteiger partial charge in [0.1, 0.15) is 0 Å². The van der Waals surface area contributed by atoms with Crippen LogP contribution in [0.15, 0.2) is 35.7 Å². The molecule has 0 aromatic carbocycles.